The van der Waals surface area contributed by atoms with E-state index in [1.165, 1.54) is 0 Å². The Morgan fingerprint density at radius 3 is 2.88 bits per heavy atom. The number of hydrogen-bond acceptors (Lipinski definition) is 3. The van der Waals surface area contributed by atoms with Gasteiger partial charge in [-0.05, 0) is 24.4 Å². The van der Waals surface area contributed by atoms with E-state index in [0.717, 1.165) is 6.42 Å². The lowest BCUT2D eigenvalue weighted by Gasteiger charge is -2.22. The van der Waals surface area contributed by atoms with Gasteiger partial charge in [-0.2, -0.15) is 5.10 Å². The molecule has 0 saturated heterocycles. The first kappa shape index (κ1) is 11.9. The van der Waals surface area contributed by atoms with Gasteiger partial charge >= 0.3 is 0 Å². The van der Waals surface area contributed by atoms with Gasteiger partial charge in [0.15, 0.2) is 0 Å². The highest BCUT2D eigenvalue weighted by molar-refractivity contribution is 5.42. The summed E-state index contributed by atoms with van der Waals surface area (Å²) in [6, 6.07) is 1.73. The van der Waals surface area contributed by atoms with E-state index in [1.54, 1.807) is 33.7 Å². The van der Waals surface area contributed by atoms with Crippen LogP contribution in [0.5, 0.6) is 0 Å². The molecular weight excluding hydrogens is 216 g/mol. The van der Waals surface area contributed by atoms with Crippen molar-refractivity contribution >= 4 is 5.52 Å². The van der Waals surface area contributed by atoms with Gasteiger partial charge in [0.05, 0.1) is 6.20 Å². The van der Waals surface area contributed by atoms with Crippen molar-refractivity contribution in [3.8, 4) is 0 Å². The molecule has 0 atom stereocenters. The number of hydrogen-bond donors (Lipinski definition) is 1. The minimum absolute atomic E-state index is 0.00202. The van der Waals surface area contributed by atoms with Gasteiger partial charge < -0.3 is 10.3 Å². The predicted octanol–water partition coefficient (Wildman–Crippen LogP) is 0.871. The summed E-state index contributed by atoms with van der Waals surface area (Å²) in [7, 11) is 0. The second-order valence-electron chi connectivity index (χ2n) is 5.08. The van der Waals surface area contributed by atoms with E-state index in [-0.39, 0.29) is 11.0 Å². The van der Waals surface area contributed by atoms with Crippen LogP contribution in [-0.4, -0.2) is 20.7 Å². The van der Waals surface area contributed by atoms with Crippen molar-refractivity contribution in [2.75, 3.05) is 6.54 Å². The molecule has 0 aliphatic rings. The SMILES string of the molecule is CC(C)(CN)CCn1ccn2nccc2c1=O. The number of aromatic nitrogens is 3. The molecule has 0 radical (unpaired) electrons. The first-order valence-corrected chi connectivity index (χ1v) is 5.76. The number of nitrogens with zero attached hydrogens (tertiary/aromatic N) is 3. The molecule has 2 heterocycles. The quantitative estimate of drug-likeness (QED) is 0.853. The van der Waals surface area contributed by atoms with Gasteiger partial charge in [-0.25, -0.2) is 4.52 Å². The molecule has 0 unspecified atom stereocenters. The topological polar surface area (TPSA) is 65.3 Å². The lowest BCUT2D eigenvalue weighted by Crippen LogP contribution is -2.28. The molecule has 0 amide bonds. The van der Waals surface area contributed by atoms with Crippen molar-refractivity contribution < 1.29 is 0 Å². The molecule has 17 heavy (non-hydrogen) atoms. The standard InChI is InChI=1S/C12H18N4O/c1-12(2,9-13)4-6-15-7-8-16-10(11(15)17)3-5-14-16/h3,5,7-8H,4,6,9,13H2,1-2H3. The molecule has 5 heteroatoms. The molecule has 2 rings (SSSR count). The van der Waals surface area contributed by atoms with Crippen LogP contribution in [0.2, 0.25) is 0 Å². The Morgan fingerprint density at radius 1 is 1.41 bits per heavy atom. The van der Waals surface area contributed by atoms with E-state index in [1.807, 2.05) is 0 Å². The Hall–Kier alpha value is -1.62. The average molecular weight is 234 g/mol. The second kappa shape index (κ2) is 4.33. The molecule has 0 aliphatic carbocycles. The highest BCUT2D eigenvalue weighted by atomic mass is 16.1. The van der Waals surface area contributed by atoms with Crippen molar-refractivity contribution in [1.29, 1.82) is 0 Å². The van der Waals surface area contributed by atoms with Crippen molar-refractivity contribution in [1.82, 2.24) is 14.2 Å². The van der Waals surface area contributed by atoms with Gasteiger partial charge in [0, 0.05) is 18.9 Å². The van der Waals surface area contributed by atoms with Crippen molar-refractivity contribution in [3.63, 3.8) is 0 Å². The number of nitrogens with two attached hydrogens (primary N) is 1. The molecule has 2 N–H and O–H groups in total. The van der Waals surface area contributed by atoms with E-state index in [9.17, 15) is 4.79 Å². The third-order valence-electron chi connectivity index (χ3n) is 3.12. The van der Waals surface area contributed by atoms with Crippen LogP contribution in [0.15, 0.2) is 29.5 Å². The van der Waals surface area contributed by atoms with Crippen LogP contribution in [0.25, 0.3) is 5.52 Å². The normalized spacial score (nSPS) is 12.2. The fourth-order valence-corrected chi connectivity index (χ4v) is 1.66. The van der Waals surface area contributed by atoms with Gasteiger partial charge in [0.1, 0.15) is 5.52 Å². The molecule has 0 aromatic carbocycles. The first-order chi connectivity index (χ1) is 8.03. The molecule has 0 aliphatic heterocycles. The van der Waals surface area contributed by atoms with Crippen molar-refractivity contribution in [3.05, 3.63) is 35.0 Å². The minimum atomic E-state index is -0.00202. The smallest absolute Gasteiger partial charge is 0.276 e. The van der Waals surface area contributed by atoms with Crippen molar-refractivity contribution in [2.24, 2.45) is 11.1 Å². The molecule has 0 spiro atoms. The van der Waals surface area contributed by atoms with Crippen LogP contribution in [0.3, 0.4) is 0 Å². The summed E-state index contributed by atoms with van der Waals surface area (Å²) in [5.41, 5.74) is 6.35. The number of fused-ring (bicyclic) bond motifs is 1. The summed E-state index contributed by atoms with van der Waals surface area (Å²) >= 11 is 0. The van der Waals surface area contributed by atoms with Gasteiger partial charge in [-0.15, -0.1) is 0 Å². The van der Waals surface area contributed by atoms with E-state index >= 15 is 0 Å². The molecule has 0 saturated carbocycles. The largest absolute Gasteiger partial charge is 0.330 e. The molecule has 0 bridgehead atoms. The highest BCUT2D eigenvalue weighted by Gasteiger charge is 2.15. The van der Waals surface area contributed by atoms with Gasteiger partial charge in [-0.1, -0.05) is 13.8 Å². The first-order valence-electron chi connectivity index (χ1n) is 5.76. The van der Waals surface area contributed by atoms with E-state index < -0.39 is 0 Å². The van der Waals surface area contributed by atoms with Crippen LogP contribution < -0.4 is 11.3 Å². The number of rotatable bonds is 4. The monoisotopic (exact) mass is 234 g/mol. The van der Waals surface area contributed by atoms with E-state index in [0.29, 0.717) is 18.6 Å². The van der Waals surface area contributed by atoms with Crippen LogP contribution in [0, 0.1) is 5.41 Å². The number of aryl methyl sites for hydroxylation is 1. The summed E-state index contributed by atoms with van der Waals surface area (Å²) in [5, 5.41) is 4.03. The Kier molecular flexibility index (Phi) is 3.02. The van der Waals surface area contributed by atoms with Crippen LogP contribution in [0.1, 0.15) is 20.3 Å². The molecule has 2 aromatic heterocycles. The summed E-state index contributed by atoms with van der Waals surface area (Å²) in [6.07, 6.45) is 6.08. The van der Waals surface area contributed by atoms with Crippen molar-refractivity contribution in [2.45, 2.75) is 26.8 Å². The fraction of sp³-hybridized carbons (Fsp3) is 0.500. The zero-order valence-electron chi connectivity index (χ0n) is 10.3. The third-order valence-corrected chi connectivity index (χ3v) is 3.12. The zero-order chi connectivity index (χ0) is 12.5. The summed E-state index contributed by atoms with van der Waals surface area (Å²) < 4.78 is 3.31. The van der Waals surface area contributed by atoms with Crippen LogP contribution in [-0.2, 0) is 6.54 Å². The average Bonchev–Trinajstić information content (AvgIpc) is 2.77. The Morgan fingerprint density at radius 2 is 2.18 bits per heavy atom. The lowest BCUT2D eigenvalue weighted by molar-refractivity contribution is 0.322. The third kappa shape index (κ3) is 2.39. The summed E-state index contributed by atoms with van der Waals surface area (Å²) in [4.78, 5) is 12.1. The maximum Gasteiger partial charge on any atom is 0.276 e. The lowest BCUT2D eigenvalue weighted by atomic mass is 9.90. The molecule has 2 aromatic rings. The molecule has 92 valence electrons. The highest BCUT2D eigenvalue weighted by Crippen LogP contribution is 2.18. The maximum absolute atomic E-state index is 12.1. The Bertz CT molecular complexity index is 567. The fourth-order valence-electron chi connectivity index (χ4n) is 1.66. The minimum Gasteiger partial charge on any atom is -0.330 e. The molecule has 0 fully saturated rings. The Labute approximate surface area is 99.9 Å². The second-order valence-corrected chi connectivity index (χ2v) is 5.08. The van der Waals surface area contributed by atoms with Gasteiger partial charge in [0.2, 0.25) is 0 Å². The van der Waals surface area contributed by atoms with Gasteiger partial charge in [0.25, 0.3) is 5.56 Å². The van der Waals surface area contributed by atoms with Crippen LogP contribution >= 0.6 is 0 Å². The summed E-state index contributed by atoms with van der Waals surface area (Å²) in [5.74, 6) is 0. The Balaban J connectivity index is 2.25. The maximum atomic E-state index is 12.1. The molecule has 5 nitrogen and oxygen atoms in total. The summed E-state index contributed by atoms with van der Waals surface area (Å²) in [6.45, 7) is 5.52. The van der Waals surface area contributed by atoms with Gasteiger partial charge in [-0.3, -0.25) is 4.79 Å². The predicted molar refractivity (Wildman–Crippen MR) is 66.9 cm³/mol. The molecular formula is C12H18N4O. The van der Waals surface area contributed by atoms with E-state index in [2.05, 4.69) is 18.9 Å². The zero-order valence-corrected chi connectivity index (χ0v) is 10.3. The van der Waals surface area contributed by atoms with Crippen LogP contribution in [0.4, 0.5) is 0 Å². The van der Waals surface area contributed by atoms with E-state index in [4.69, 9.17) is 5.73 Å².